The summed E-state index contributed by atoms with van der Waals surface area (Å²) in [5.41, 5.74) is 2.03. The predicted octanol–water partition coefficient (Wildman–Crippen LogP) is 4.21. The van der Waals surface area contributed by atoms with Crippen molar-refractivity contribution in [3.63, 3.8) is 0 Å². The van der Waals surface area contributed by atoms with E-state index in [9.17, 15) is 4.39 Å². The average molecular weight is 382 g/mol. The maximum Gasteiger partial charge on any atom is 0.157 e. The molecule has 0 saturated carbocycles. The van der Waals surface area contributed by atoms with E-state index in [1.54, 1.807) is 23.0 Å². The molecular weight excluding hydrogens is 359 g/mol. The van der Waals surface area contributed by atoms with Crippen LogP contribution in [-0.2, 0) is 17.9 Å². The van der Waals surface area contributed by atoms with Crippen LogP contribution >= 0.6 is 0 Å². The SMILES string of the molecule is Fc1ccc(Cn2cc(OCc3ccc(OCC4CCCO4)cc3)cn2)cc1. The third-order valence-corrected chi connectivity index (χ3v) is 4.66. The van der Waals surface area contributed by atoms with Crippen LogP contribution < -0.4 is 9.47 Å². The number of rotatable bonds is 8. The second kappa shape index (κ2) is 8.89. The first-order valence-corrected chi connectivity index (χ1v) is 9.48. The van der Waals surface area contributed by atoms with Crippen LogP contribution in [0.25, 0.3) is 0 Å². The van der Waals surface area contributed by atoms with Gasteiger partial charge in [-0.05, 0) is 48.2 Å². The Labute approximate surface area is 163 Å². The number of nitrogens with zero attached hydrogens (tertiary/aromatic N) is 2. The highest BCUT2D eigenvalue weighted by molar-refractivity contribution is 5.27. The predicted molar refractivity (Wildman–Crippen MR) is 103 cm³/mol. The second-order valence-electron chi connectivity index (χ2n) is 6.88. The van der Waals surface area contributed by atoms with Crippen LogP contribution in [0.1, 0.15) is 24.0 Å². The Morgan fingerprint density at radius 3 is 2.54 bits per heavy atom. The van der Waals surface area contributed by atoms with Crippen LogP contribution in [0.4, 0.5) is 4.39 Å². The number of benzene rings is 2. The van der Waals surface area contributed by atoms with Crippen molar-refractivity contribution >= 4 is 0 Å². The molecule has 0 amide bonds. The molecule has 0 spiro atoms. The molecule has 1 aromatic heterocycles. The summed E-state index contributed by atoms with van der Waals surface area (Å²) in [6.45, 7) is 2.46. The van der Waals surface area contributed by atoms with Crippen molar-refractivity contribution < 1.29 is 18.6 Å². The molecular formula is C22H23FN2O3. The van der Waals surface area contributed by atoms with Crippen LogP contribution in [0.3, 0.4) is 0 Å². The Hall–Kier alpha value is -2.86. The van der Waals surface area contributed by atoms with Gasteiger partial charge in [-0.25, -0.2) is 4.39 Å². The zero-order chi connectivity index (χ0) is 19.2. The highest BCUT2D eigenvalue weighted by Gasteiger charge is 2.15. The summed E-state index contributed by atoms with van der Waals surface area (Å²) < 4.78 is 31.9. The largest absolute Gasteiger partial charge is 0.491 e. The van der Waals surface area contributed by atoms with Crippen LogP contribution in [0.15, 0.2) is 60.9 Å². The van der Waals surface area contributed by atoms with Crippen molar-refractivity contribution in [3.05, 3.63) is 77.9 Å². The summed E-state index contributed by atoms with van der Waals surface area (Å²) in [6.07, 6.45) is 5.92. The molecule has 1 atom stereocenters. The van der Waals surface area contributed by atoms with E-state index < -0.39 is 0 Å². The molecule has 3 aromatic rings. The standard InChI is InChI=1S/C22H23FN2O3/c23-19-7-3-17(4-8-19)13-25-14-22(12-24-25)27-15-18-5-9-20(10-6-18)28-16-21-2-1-11-26-21/h3-10,12,14,21H,1-2,11,13,15-16H2. The lowest BCUT2D eigenvalue weighted by atomic mass is 10.2. The summed E-state index contributed by atoms with van der Waals surface area (Å²) in [7, 11) is 0. The second-order valence-corrected chi connectivity index (χ2v) is 6.88. The topological polar surface area (TPSA) is 45.5 Å². The van der Waals surface area contributed by atoms with Crippen LogP contribution in [-0.4, -0.2) is 29.1 Å². The molecule has 0 aliphatic carbocycles. The molecule has 0 bridgehead atoms. The number of hydrogen-bond donors (Lipinski definition) is 0. The molecule has 2 aromatic carbocycles. The van der Waals surface area contributed by atoms with Crippen molar-refractivity contribution in [1.82, 2.24) is 9.78 Å². The minimum absolute atomic E-state index is 0.217. The molecule has 146 valence electrons. The number of halogens is 1. The minimum atomic E-state index is -0.239. The van der Waals surface area contributed by atoms with E-state index in [1.165, 1.54) is 12.1 Å². The van der Waals surface area contributed by atoms with E-state index in [2.05, 4.69) is 5.10 Å². The molecule has 2 heterocycles. The van der Waals surface area contributed by atoms with Crippen molar-refractivity contribution in [3.8, 4) is 11.5 Å². The Balaban J connectivity index is 1.25. The summed E-state index contributed by atoms with van der Waals surface area (Å²) in [6, 6.07) is 14.3. The fraction of sp³-hybridized carbons (Fsp3) is 0.318. The highest BCUT2D eigenvalue weighted by atomic mass is 19.1. The lowest BCUT2D eigenvalue weighted by molar-refractivity contribution is 0.0679. The van der Waals surface area contributed by atoms with E-state index in [1.807, 2.05) is 30.5 Å². The van der Waals surface area contributed by atoms with Gasteiger partial charge in [0.25, 0.3) is 0 Å². The third kappa shape index (κ3) is 5.10. The zero-order valence-electron chi connectivity index (χ0n) is 15.6. The normalized spacial score (nSPS) is 16.2. The van der Waals surface area contributed by atoms with Gasteiger partial charge in [0.2, 0.25) is 0 Å². The van der Waals surface area contributed by atoms with Crippen LogP contribution in [0.2, 0.25) is 0 Å². The molecule has 0 N–H and O–H groups in total. The Kier molecular flexibility index (Phi) is 5.87. The molecule has 1 fully saturated rings. The molecule has 1 saturated heterocycles. The molecule has 1 unspecified atom stereocenters. The van der Waals surface area contributed by atoms with Gasteiger partial charge in [0.15, 0.2) is 5.75 Å². The molecule has 5 nitrogen and oxygen atoms in total. The first-order chi connectivity index (χ1) is 13.7. The highest BCUT2D eigenvalue weighted by Crippen LogP contribution is 2.18. The molecule has 4 rings (SSSR count). The van der Waals surface area contributed by atoms with E-state index in [0.717, 1.165) is 36.3 Å². The Morgan fingerprint density at radius 2 is 1.79 bits per heavy atom. The Morgan fingerprint density at radius 1 is 1.00 bits per heavy atom. The van der Waals surface area contributed by atoms with E-state index >= 15 is 0 Å². The van der Waals surface area contributed by atoms with Gasteiger partial charge in [-0.3, -0.25) is 4.68 Å². The maximum atomic E-state index is 13.0. The first-order valence-electron chi connectivity index (χ1n) is 9.48. The number of hydrogen-bond acceptors (Lipinski definition) is 4. The lowest BCUT2D eigenvalue weighted by Gasteiger charge is -2.11. The molecule has 1 aliphatic heterocycles. The van der Waals surface area contributed by atoms with Crippen LogP contribution in [0.5, 0.6) is 11.5 Å². The summed E-state index contributed by atoms with van der Waals surface area (Å²) in [5, 5.41) is 4.29. The average Bonchev–Trinajstić information content (AvgIpc) is 3.39. The number of aromatic nitrogens is 2. The van der Waals surface area contributed by atoms with E-state index in [4.69, 9.17) is 14.2 Å². The zero-order valence-corrected chi connectivity index (χ0v) is 15.6. The fourth-order valence-corrected chi connectivity index (χ4v) is 3.10. The lowest BCUT2D eigenvalue weighted by Crippen LogP contribution is -2.16. The molecule has 0 radical (unpaired) electrons. The minimum Gasteiger partial charge on any atom is -0.491 e. The Bertz CT molecular complexity index is 872. The first kappa shape index (κ1) is 18.5. The molecule has 6 heteroatoms. The van der Waals surface area contributed by atoms with Crippen molar-refractivity contribution in [2.45, 2.75) is 32.1 Å². The maximum absolute atomic E-state index is 13.0. The van der Waals surface area contributed by atoms with Crippen molar-refractivity contribution in [1.29, 1.82) is 0 Å². The van der Waals surface area contributed by atoms with Gasteiger partial charge in [-0.1, -0.05) is 24.3 Å². The van der Waals surface area contributed by atoms with Gasteiger partial charge < -0.3 is 14.2 Å². The number of ether oxygens (including phenoxy) is 3. The summed E-state index contributed by atoms with van der Waals surface area (Å²) in [5.74, 6) is 1.30. The smallest absolute Gasteiger partial charge is 0.157 e. The summed E-state index contributed by atoms with van der Waals surface area (Å²) in [4.78, 5) is 0. The van der Waals surface area contributed by atoms with Crippen molar-refractivity contribution in [2.75, 3.05) is 13.2 Å². The third-order valence-electron chi connectivity index (χ3n) is 4.66. The van der Waals surface area contributed by atoms with Gasteiger partial charge in [0, 0.05) is 6.61 Å². The summed E-state index contributed by atoms with van der Waals surface area (Å²) >= 11 is 0. The van der Waals surface area contributed by atoms with Crippen molar-refractivity contribution in [2.24, 2.45) is 0 Å². The van der Waals surface area contributed by atoms with Gasteiger partial charge >= 0.3 is 0 Å². The quantitative estimate of drug-likeness (QED) is 0.586. The van der Waals surface area contributed by atoms with E-state index in [-0.39, 0.29) is 11.9 Å². The van der Waals surface area contributed by atoms with Gasteiger partial charge in [0.1, 0.15) is 24.8 Å². The van der Waals surface area contributed by atoms with E-state index in [0.29, 0.717) is 25.5 Å². The van der Waals surface area contributed by atoms with Gasteiger partial charge in [-0.2, -0.15) is 5.10 Å². The monoisotopic (exact) mass is 382 g/mol. The van der Waals surface area contributed by atoms with Gasteiger partial charge in [0.05, 0.1) is 25.0 Å². The fourth-order valence-electron chi connectivity index (χ4n) is 3.10. The van der Waals surface area contributed by atoms with Crippen LogP contribution in [0, 0.1) is 5.82 Å². The molecule has 1 aliphatic rings. The molecule has 28 heavy (non-hydrogen) atoms. The van der Waals surface area contributed by atoms with Gasteiger partial charge in [-0.15, -0.1) is 0 Å².